The van der Waals surface area contributed by atoms with Crippen LogP contribution in [0.3, 0.4) is 0 Å². The SMILES string of the molecule is CCCCCSCC(CBr)c1ccccc1. The van der Waals surface area contributed by atoms with Crippen LogP contribution < -0.4 is 0 Å². The van der Waals surface area contributed by atoms with E-state index in [0.717, 1.165) is 5.33 Å². The van der Waals surface area contributed by atoms with Gasteiger partial charge in [-0.3, -0.25) is 0 Å². The van der Waals surface area contributed by atoms with E-state index in [1.807, 2.05) is 0 Å². The van der Waals surface area contributed by atoms with Gasteiger partial charge in [0.25, 0.3) is 0 Å². The van der Waals surface area contributed by atoms with Crippen LogP contribution >= 0.6 is 27.7 Å². The van der Waals surface area contributed by atoms with E-state index in [1.54, 1.807) is 0 Å². The summed E-state index contributed by atoms with van der Waals surface area (Å²) in [4.78, 5) is 0. The second kappa shape index (κ2) is 9.12. The third-order valence-electron chi connectivity index (χ3n) is 2.67. The van der Waals surface area contributed by atoms with E-state index in [0.29, 0.717) is 5.92 Å². The minimum atomic E-state index is 0.660. The van der Waals surface area contributed by atoms with Crippen LogP contribution in [-0.4, -0.2) is 16.8 Å². The third-order valence-corrected chi connectivity index (χ3v) is 4.67. The molecule has 0 aliphatic carbocycles. The van der Waals surface area contributed by atoms with Gasteiger partial charge in [0.1, 0.15) is 0 Å². The van der Waals surface area contributed by atoms with Crippen molar-refractivity contribution in [3.05, 3.63) is 35.9 Å². The van der Waals surface area contributed by atoms with E-state index < -0.39 is 0 Å². The number of alkyl halides is 1. The minimum absolute atomic E-state index is 0.660. The number of unbranched alkanes of at least 4 members (excludes halogenated alkanes) is 2. The molecule has 1 aromatic rings. The van der Waals surface area contributed by atoms with Crippen molar-refractivity contribution >= 4 is 27.7 Å². The Morgan fingerprint density at radius 2 is 1.94 bits per heavy atom. The van der Waals surface area contributed by atoms with Crippen molar-refractivity contribution in [1.82, 2.24) is 0 Å². The van der Waals surface area contributed by atoms with E-state index in [2.05, 4.69) is 64.9 Å². The molecule has 0 heterocycles. The molecule has 0 nitrogen and oxygen atoms in total. The Balaban J connectivity index is 2.27. The van der Waals surface area contributed by atoms with Crippen LogP contribution in [0.4, 0.5) is 0 Å². The molecule has 0 fully saturated rings. The van der Waals surface area contributed by atoms with Crippen LogP contribution in [0, 0.1) is 0 Å². The number of hydrogen-bond acceptors (Lipinski definition) is 1. The Morgan fingerprint density at radius 3 is 2.56 bits per heavy atom. The molecule has 1 unspecified atom stereocenters. The smallest absolute Gasteiger partial charge is 0.0108 e. The monoisotopic (exact) mass is 300 g/mol. The Hall–Kier alpha value is 0.0500. The average molecular weight is 301 g/mol. The second-order valence-electron chi connectivity index (χ2n) is 4.04. The van der Waals surface area contributed by atoms with Gasteiger partial charge in [0.2, 0.25) is 0 Å². The number of rotatable bonds is 8. The van der Waals surface area contributed by atoms with E-state index in [9.17, 15) is 0 Å². The molecule has 0 aliphatic heterocycles. The highest BCUT2D eigenvalue weighted by molar-refractivity contribution is 9.09. The lowest BCUT2D eigenvalue weighted by atomic mass is 10.0. The van der Waals surface area contributed by atoms with Crippen LogP contribution in [0.5, 0.6) is 0 Å². The van der Waals surface area contributed by atoms with E-state index in [4.69, 9.17) is 0 Å². The van der Waals surface area contributed by atoms with Gasteiger partial charge >= 0.3 is 0 Å². The van der Waals surface area contributed by atoms with Gasteiger partial charge in [0.15, 0.2) is 0 Å². The topological polar surface area (TPSA) is 0 Å². The van der Waals surface area contributed by atoms with Crippen molar-refractivity contribution in [2.24, 2.45) is 0 Å². The number of benzene rings is 1. The van der Waals surface area contributed by atoms with Crippen molar-refractivity contribution in [3.8, 4) is 0 Å². The first-order chi connectivity index (χ1) is 7.88. The van der Waals surface area contributed by atoms with Gasteiger partial charge in [-0.2, -0.15) is 11.8 Å². The molecule has 0 aliphatic rings. The number of hydrogen-bond donors (Lipinski definition) is 0. The van der Waals surface area contributed by atoms with Gasteiger partial charge < -0.3 is 0 Å². The number of thioether (sulfide) groups is 1. The molecule has 1 atom stereocenters. The molecule has 0 N–H and O–H groups in total. The molecular formula is C14H21BrS. The lowest BCUT2D eigenvalue weighted by Gasteiger charge is -2.13. The van der Waals surface area contributed by atoms with E-state index in [1.165, 1.54) is 36.3 Å². The molecule has 0 amide bonds. The molecule has 1 rings (SSSR count). The molecule has 90 valence electrons. The van der Waals surface area contributed by atoms with Gasteiger partial charge in [-0.15, -0.1) is 0 Å². The minimum Gasteiger partial charge on any atom is -0.161 e. The second-order valence-corrected chi connectivity index (χ2v) is 5.84. The first-order valence-corrected chi connectivity index (χ1v) is 8.34. The van der Waals surface area contributed by atoms with E-state index >= 15 is 0 Å². The summed E-state index contributed by atoms with van der Waals surface area (Å²) in [6.07, 6.45) is 4.06. The van der Waals surface area contributed by atoms with Crippen LogP contribution in [0.1, 0.15) is 37.7 Å². The predicted molar refractivity (Wildman–Crippen MR) is 79.8 cm³/mol. The highest BCUT2D eigenvalue weighted by Crippen LogP contribution is 2.23. The zero-order chi connectivity index (χ0) is 11.6. The summed E-state index contributed by atoms with van der Waals surface area (Å²) in [5.74, 6) is 3.20. The van der Waals surface area contributed by atoms with Gasteiger partial charge in [-0.1, -0.05) is 66.0 Å². The maximum Gasteiger partial charge on any atom is 0.0108 e. The molecular weight excluding hydrogens is 280 g/mol. The molecule has 0 saturated carbocycles. The Labute approximate surface area is 112 Å². The molecule has 0 radical (unpaired) electrons. The summed E-state index contributed by atoms with van der Waals surface area (Å²) < 4.78 is 0. The highest BCUT2D eigenvalue weighted by Gasteiger charge is 2.09. The largest absolute Gasteiger partial charge is 0.161 e. The summed E-state index contributed by atoms with van der Waals surface area (Å²) in [7, 11) is 0. The fourth-order valence-corrected chi connectivity index (χ4v) is 3.71. The van der Waals surface area contributed by atoms with Crippen LogP contribution in [0.2, 0.25) is 0 Å². The van der Waals surface area contributed by atoms with Crippen LogP contribution in [-0.2, 0) is 0 Å². The zero-order valence-electron chi connectivity index (χ0n) is 9.99. The summed E-state index contributed by atoms with van der Waals surface area (Å²) in [5.41, 5.74) is 1.46. The Kier molecular flexibility index (Phi) is 8.04. The first kappa shape index (κ1) is 14.1. The molecule has 0 spiro atoms. The lowest BCUT2D eigenvalue weighted by Crippen LogP contribution is -2.03. The molecule has 1 aromatic carbocycles. The van der Waals surface area contributed by atoms with Crippen molar-refractivity contribution in [2.75, 3.05) is 16.8 Å². The average Bonchev–Trinajstić information content (AvgIpc) is 2.35. The Morgan fingerprint density at radius 1 is 1.19 bits per heavy atom. The Bertz CT molecular complexity index is 261. The van der Waals surface area contributed by atoms with Gasteiger partial charge in [-0.25, -0.2) is 0 Å². The number of halogens is 1. The fourth-order valence-electron chi connectivity index (χ4n) is 1.63. The molecule has 0 saturated heterocycles. The van der Waals surface area contributed by atoms with Crippen LogP contribution in [0.15, 0.2) is 30.3 Å². The van der Waals surface area contributed by atoms with Gasteiger partial charge in [0, 0.05) is 17.0 Å². The van der Waals surface area contributed by atoms with Crippen LogP contribution in [0.25, 0.3) is 0 Å². The summed E-state index contributed by atoms with van der Waals surface area (Å²) >= 11 is 5.71. The van der Waals surface area contributed by atoms with Crippen molar-refractivity contribution in [3.63, 3.8) is 0 Å². The third kappa shape index (κ3) is 5.40. The molecule has 16 heavy (non-hydrogen) atoms. The molecule has 2 heteroatoms. The van der Waals surface area contributed by atoms with Crippen molar-refractivity contribution < 1.29 is 0 Å². The maximum atomic E-state index is 3.62. The predicted octanol–water partition coefficient (Wildman–Crippen LogP) is 5.09. The highest BCUT2D eigenvalue weighted by atomic mass is 79.9. The summed E-state index contributed by atoms with van der Waals surface area (Å²) in [5, 5.41) is 1.07. The molecule has 0 bridgehead atoms. The van der Waals surface area contributed by atoms with Gasteiger partial charge in [-0.05, 0) is 17.7 Å². The van der Waals surface area contributed by atoms with Gasteiger partial charge in [0.05, 0.1) is 0 Å². The zero-order valence-corrected chi connectivity index (χ0v) is 12.4. The molecule has 0 aromatic heterocycles. The fraction of sp³-hybridized carbons (Fsp3) is 0.571. The quantitative estimate of drug-likeness (QED) is 0.476. The normalized spacial score (nSPS) is 12.6. The lowest BCUT2D eigenvalue weighted by molar-refractivity contribution is 0.777. The summed E-state index contributed by atoms with van der Waals surface area (Å²) in [6.45, 7) is 2.26. The van der Waals surface area contributed by atoms with Crippen molar-refractivity contribution in [1.29, 1.82) is 0 Å². The first-order valence-electron chi connectivity index (χ1n) is 6.07. The van der Waals surface area contributed by atoms with E-state index in [-0.39, 0.29) is 0 Å². The standard InChI is InChI=1S/C14H21BrS/c1-2-3-7-10-16-12-14(11-15)13-8-5-4-6-9-13/h4-6,8-9,14H,2-3,7,10-12H2,1H3. The summed E-state index contributed by atoms with van der Waals surface area (Å²) in [6, 6.07) is 10.8. The maximum absolute atomic E-state index is 3.62. The van der Waals surface area contributed by atoms with Crippen molar-refractivity contribution in [2.45, 2.75) is 32.1 Å².